The predicted octanol–water partition coefficient (Wildman–Crippen LogP) is 2.33. The molecule has 1 aromatic heterocycles. The Kier molecular flexibility index (Phi) is 4.16. The third-order valence-corrected chi connectivity index (χ3v) is 5.26. The van der Waals surface area contributed by atoms with Crippen LogP contribution in [0, 0.1) is 12.7 Å². The van der Waals surface area contributed by atoms with E-state index in [2.05, 4.69) is 19.8 Å². The maximum absolute atomic E-state index is 13.1. The fourth-order valence-corrected chi connectivity index (χ4v) is 3.83. The lowest BCUT2D eigenvalue weighted by Gasteiger charge is -2.15. The van der Waals surface area contributed by atoms with Gasteiger partial charge >= 0.3 is 0 Å². The van der Waals surface area contributed by atoms with Crippen LogP contribution in [-0.4, -0.2) is 31.7 Å². The lowest BCUT2D eigenvalue weighted by atomic mass is 10.2. The Hall–Kier alpha value is -2.22. The van der Waals surface area contributed by atoms with Gasteiger partial charge in [0.1, 0.15) is 5.82 Å². The Balaban J connectivity index is 1.80. The Morgan fingerprint density at radius 1 is 1.13 bits per heavy atom. The molecule has 1 aliphatic rings. The summed E-state index contributed by atoms with van der Waals surface area (Å²) in [4.78, 5) is 2.12. The van der Waals surface area contributed by atoms with Crippen molar-refractivity contribution in [1.82, 2.24) is 10.2 Å². The molecule has 0 unspecified atom stereocenters. The largest absolute Gasteiger partial charge is 0.355 e. The van der Waals surface area contributed by atoms with Gasteiger partial charge in [-0.25, -0.2) is 12.8 Å². The molecule has 0 saturated carbocycles. The number of nitrogens with zero attached hydrogens (tertiary/aromatic N) is 3. The van der Waals surface area contributed by atoms with Crippen molar-refractivity contribution in [3.63, 3.8) is 0 Å². The van der Waals surface area contributed by atoms with Crippen molar-refractivity contribution >= 4 is 21.7 Å². The first-order chi connectivity index (χ1) is 11.0. The highest BCUT2D eigenvalue weighted by molar-refractivity contribution is 7.92. The van der Waals surface area contributed by atoms with Gasteiger partial charge < -0.3 is 4.90 Å². The molecule has 0 atom stereocenters. The number of hydrogen-bond acceptors (Lipinski definition) is 5. The van der Waals surface area contributed by atoms with Gasteiger partial charge in [0, 0.05) is 13.1 Å². The number of hydrogen-bond donors (Lipinski definition) is 1. The molecule has 0 bridgehead atoms. The molecule has 1 aromatic carbocycles. The molecule has 1 N–H and O–H groups in total. The number of sulfonamides is 1. The molecule has 2 heterocycles. The summed E-state index contributed by atoms with van der Waals surface area (Å²) in [7, 11) is -3.83. The summed E-state index contributed by atoms with van der Waals surface area (Å²) in [6, 6.07) is 6.85. The van der Waals surface area contributed by atoms with Gasteiger partial charge in [-0.1, -0.05) is 0 Å². The van der Waals surface area contributed by atoms with Crippen molar-refractivity contribution in [1.29, 1.82) is 0 Å². The molecule has 1 saturated heterocycles. The van der Waals surface area contributed by atoms with Crippen LogP contribution in [0.3, 0.4) is 0 Å². The van der Waals surface area contributed by atoms with E-state index >= 15 is 0 Å². The number of anilines is 2. The molecule has 23 heavy (non-hydrogen) atoms. The number of aromatic nitrogens is 2. The molecule has 0 aliphatic carbocycles. The Labute approximate surface area is 134 Å². The highest BCUT2D eigenvalue weighted by atomic mass is 32.2. The molecule has 8 heteroatoms. The fraction of sp³-hybridized carbons (Fsp3) is 0.333. The van der Waals surface area contributed by atoms with E-state index in [9.17, 15) is 12.8 Å². The quantitative estimate of drug-likeness (QED) is 0.927. The summed E-state index contributed by atoms with van der Waals surface area (Å²) in [5, 5.41) is 7.99. The molecule has 2 aromatic rings. The van der Waals surface area contributed by atoms with E-state index in [1.54, 1.807) is 19.1 Å². The van der Waals surface area contributed by atoms with Crippen molar-refractivity contribution in [2.24, 2.45) is 0 Å². The van der Waals surface area contributed by atoms with Crippen molar-refractivity contribution in [3.05, 3.63) is 41.7 Å². The van der Waals surface area contributed by atoms with Gasteiger partial charge in [0.15, 0.2) is 11.6 Å². The molecule has 122 valence electrons. The van der Waals surface area contributed by atoms with Crippen LogP contribution in [-0.2, 0) is 10.0 Å². The van der Waals surface area contributed by atoms with Crippen LogP contribution in [0.4, 0.5) is 16.0 Å². The standard InChI is InChI=1S/C15H17FN4O2S/c1-11-10-12(16)4-5-13(11)23(21,22)19-14-6-7-15(18-17-14)20-8-2-3-9-20/h4-7,10H,2-3,8-9H2,1H3,(H,17,19). The van der Waals surface area contributed by atoms with E-state index in [1.165, 1.54) is 12.1 Å². The topological polar surface area (TPSA) is 75.2 Å². The van der Waals surface area contributed by atoms with Crippen molar-refractivity contribution in [2.45, 2.75) is 24.7 Å². The van der Waals surface area contributed by atoms with E-state index in [-0.39, 0.29) is 10.7 Å². The van der Waals surface area contributed by atoms with Crippen molar-refractivity contribution in [3.8, 4) is 0 Å². The van der Waals surface area contributed by atoms with E-state index < -0.39 is 15.8 Å². The van der Waals surface area contributed by atoms with Crippen LogP contribution in [0.1, 0.15) is 18.4 Å². The molecule has 0 spiro atoms. The second kappa shape index (κ2) is 6.11. The van der Waals surface area contributed by atoms with E-state index in [4.69, 9.17) is 0 Å². The summed E-state index contributed by atoms with van der Waals surface area (Å²) >= 11 is 0. The van der Waals surface area contributed by atoms with E-state index in [1.807, 2.05) is 0 Å². The van der Waals surface area contributed by atoms with Gasteiger partial charge in [-0.3, -0.25) is 4.72 Å². The number of benzene rings is 1. The summed E-state index contributed by atoms with van der Waals surface area (Å²) in [6.07, 6.45) is 2.25. The second-order valence-electron chi connectivity index (χ2n) is 5.49. The van der Waals surface area contributed by atoms with Gasteiger partial charge in [0.2, 0.25) is 0 Å². The van der Waals surface area contributed by atoms with E-state index in [0.717, 1.165) is 37.8 Å². The van der Waals surface area contributed by atoms with Crippen molar-refractivity contribution in [2.75, 3.05) is 22.7 Å². The van der Waals surface area contributed by atoms with Gasteiger partial charge in [-0.2, -0.15) is 0 Å². The molecule has 0 amide bonds. The zero-order chi connectivity index (χ0) is 16.4. The minimum atomic E-state index is -3.83. The average Bonchev–Trinajstić information content (AvgIpc) is 3.01. The monoisotopic (exact) mass is 336 g/mol. The van der Waals surface area contributed by atoms with Gasteiger partial charge in [-0.15, -0.1) is 10.2 Å². The summed E-state index contributed by atoms with van der Waals surface area (Å²) < 4.78 is 40.2. The first-order valence-electron chi connectivity index (χ1n) is 7.33. The third-order valence-electron chi connectivity index (χ3n) is 3.75. The van der Waals surface area contributed by atoms with Crippen LogP contribution >= 0.6 is 0 Å². The molecule has 6 nitrogen and oxygen atoms in total. The molecule has 3 rings (SSSR count). The van der Waals surface area contributed by atoms with Gasteiger partial charge in [0.05, 0.1) is 4.90 Å². The highest BCUT2D eigenvalue weighted by Gasteiger charge is 2.19. The number of aryl methyl sites for hydroxylation is 1. The normalized spacial score (nSPS) is 15.0. The number of rotatable bonds is 4. The van der Waals surface area contributed by atoms with E-state index in [0.29, 0.717) is 5.56 Å². The van der Waals surface area contributed by atoms with Crippen LogP contribution in [0.2, 0.25) is 0 Å². The smallest absolute Gasteiger partial charge is 0.263 e. The van der Waals surface area contributed by atoms with Crippen LogP contribution in [0.15, 0.2) is 35.2 Å². The Morgan fingerprint density at radius 2 is 1.87 bits per heavy atom. The number of halogens is 1. The second-order valence-corrected chi connectivity index (χ2v) is 7.14. The zero-order valence-corrected chi connectivity index (χ0v) is 13.5. The molecular weight excluding hydrogens is 319 g/mol. The summed E-state index contributed by atoms with van der Waals surface area (Å²) in [5.74, 6) is 0.399. The highest BCUT2D eigenvalue weighted by Crippen LogP contribution is 2.21. The van der Waals surface area contributed by atoms with Gasteiger partial charge in [-0.05, 0) is 55.7 Å². The lowest BCUT2D eigenvalue weighted by molar-refractivity contribution is 0.598. The molecule has 1 aliphatic heterocycles. The van der Waals surface area contributed by atoms with Gasteiger partial charge in [0.25, 0.3) is 10.0 Å². The first-order valence-corrected chi connectivity index (χ1v) is 8.82. The third kappa shape index (κ3) is 3.42. The minimum absolute atomic E-state index is 0.0179. The SMILES string of the molecule is Cc1cc(F)ccc1S(=O)(=O)Nc1ccc(N2CCCC2)nn1. The predicted molar refractivity (Wildman–Crippen MR) is 85.4 cm³/mol. The van der Waals surface area contributed by atoms with Crippen LogP contribution < -0.4 is 9.62 Å². The Morgan fingerprint density at radius 3 is 2.48 bits per heavy atom. The van der Waals surface area contributed by atoms with Crippen molar-refractivity contribution < 1.29 is 12.8 Å². The maximum atomic E-state index is 13.1. The summed E-state index contributed by atoms with van der Waals surface area (Å²) in [5.41, 5.74) is 0.333. The van der Waals surface area contributed by atoms with Crippen LogP contribution in [0.5, 0.6) is 0 Å². The zero-order valence-electron chi connectivity index (χ0n) is 12.7. The fourth-order valence-electron chi connectivity index (χ4n) is 2.60. The maximum Gasteiger partial charge on any atom is 0.263 e. The molecule has 0 radical (unpaired) electrons. The first kappa shape index (κ1) is 15.7. The number of nitrogens with one attached hydrogen (secondary N) is 1. The molecular formula is C15H17FN4O2S. The summed E-state index contributed by atoms with van der Waals surface area (Å²) in [6.45, 7) is 3.42. The molecule has 1 fully saturated rings. The minimum Gasteiger partial charge on any atom is -0.355 e. The lowest BCUT2D eigenvalue weighted by Crippen LogP contribution is -2.20. The van der Waals surface area contributed by atoms with Crippen LogP contribution in [0.25, 0.3) is 0 Å². The average molecular weight is 336 g/mol. The Bertz CT molecular complexity index is 803.